The Bertz CT molecular complexity index is 826. The van der Waals surface area contributed by atoms with Crippen LogP contribution in [0.2, 0.25) is 0 Å². The Balaban J connectivity index is 1.70. The van der Waals surface area contributed by atoms with Gasteiger partial charge in [0.15, 0.2) is 0 Å². The van der Waals surface area contributed by atoms with E-state index in [9.17, 15) is 4.79 Å². The topological polar surface area (TPSA) is 51.7 Å². The highest BCUT2D eigenvalue weighted by atomic mass is 16.1. The monoisotopic (exact) mass is 395 g/mol. The van der Waals surface area contributed by atoms with Gasteiger partial charge in [0.05, 0.1) is 17.4 Å². The van der Waals surface area contributed by atoms with Gasteiger partial charge in [-0.1, -0.05) is 6.92 Å². The predicted octanol–water partition coefficient (Wildman–Crippen LogP) is 3.63. The molecule has 29 heavy (non-hydrogen) atoms. The molecule has 0 bridgehead atoms. The van der Waals surface area contributed by atoms with Gasteiger partial charge in [-0.25, -0.2) is 0 Å². The molecule has 1 aliphatic rings. The van der Waals surface area contributed by atoms with E-state index in [4.69, 9.17) is 0 Å². The third-order valence-electron chi connectivity index (χ3n) is 5.76. The van der Waals surface area contributed by atoms with Crippen molar-refractivity contribution in [1.82, 2.24) is 9.88 Å². The zero-order valence-electron chi connectivity index (χ0n) is 18.1. The van der Waals surface area contributed by atoms with Crippen molar-refractivity contribution in [1.29, 1.82) is 0 Å². The molecule has 6 heteroatoms. The van der Waals surface area contributed by atoms with Crippen molar-refractivity contribution in [2.24, 2.45) is 0 Å². The molecule has 2 heterocycles. The summed E-state index contributed by atoms with van der Waals surface area (Å²) in [5, 5.41) is 3.05. The number of rotatable bonds is 7. The Hall–Kier alpha value is -2.60. The highest BCUT2D eigenvalue weighted by Gasteiger charge is 2.18. The van der Waals surface area contributed by atoms with Crippen LogP contribution < -0.4 is 15.1 Å². The number of nitrogens with one attached hydrogen (secondary N) is 1. The summed E-state index contributed by atoms with van der Waals surface area (Å²) in [6.45, 7) is 15.6. The molecule has 1 fully saturated rings. The van der Waals surface area contributed by atoms with Crippen LogP contribution in [0.15, 0.2) is 36.7 Å². The normalized spacial score (nSPS) is 14.7. The van der Waals surface area contributed by atoms with Crippen LogP contribution in [-0.4, -0.2) is 61.6 Å². The van der Waals surface area contributed by atoms with Crippen LogP contribution in [-0.2, 0) is 0 Å². The van der Waals surface area contributed by atoms with Crippen molar-refractivity contribution in [3.63, 3.8) is 0 Å². The molecular formula is C23H33N5O. The van der Waals surface area contributed by atoms with Gasteiger partial charge in [-0.15, -0.1) is 0 Å². The van der Waals surface area contributed by atoms with E-state index < -0.39 is 0 Å². The molecule has 0 atom stereocenters. The molecule has 3 rings (SSSR count). The Labute approximate surface area is 174 Å². The molecule has 0 radical (unpaired) electrons. The molecule has 1 saturated heterocycles. The lowest BCUT2D eigenvalue weighted by Gasteiger charge is -2.35. The number of likely N-dealkylation sites (N-methyl/N-ethyl adjacent to an activating group) is 1. The second kappa shape index (κ2) is 9.74. The lowest BCUT2D eigenvalue weighted by molar-refractivity contribution is 0.102. The minimum atomic E-state index is -0.120. The maximum Gasteiger partial charge on any atom is 0.257 e. The number of benzene rings is 1. The summed E-state index contributed by atoms with van der Waals surface area (Å²) >= 11 is 0. The van der Waals surface area contributed by atoms with E-state index in [-0.39, 0.29) is 5.91 Å². The minimum Gasteiger partial charge on any atom is -0.372 e. The van der Waals surface area contributed by atoms with Crippen LogP contribution in [0, 0.1) is 6.92 Å². The number of piperazine rings is 1. The Morgan fingerprint density at radius 2 is 1.79 bits per heavy atom. The van der Waals surface area contributed by atoms with Crippen LogP contribution in [0.25, 0.3) is 0 Å². The van der Waals surface area contributed by atoms with E-state index in [0.717, 1.165) is 62.8 Å². The van der Waals surface area contributed by atoms with Crippen molar-refractivity contribution >= 4 is 23.0 Å². The molecule has 0 saturated carbocycles. The Kier molecular flexibility index (Phi) is 7.09. The summed E-state index contributed by atoms with van der Waals surface area (Å²) in [5.41, 5.74) is 4.69. The van der Waals surface area contributed by atoms with Crippen molar-refractivity contribution in [3.05, 3.63) is 47.8 Å². The van der Waals surface area contributed by atoms with Crippen molar-refractivity contribution in [3.8, 4) is 0 Å². The summed E-state index contributed by atoms with van der Waals surface area (Å²) in [5.74, 6) is -0.120. The summed E-state index contributed by atoms with van der Waals surface area (Å²) in [7, 11) is 0. The van der Waals surface area contributed by atoms with Gasteiger partial charge in [-0.3, -0.25) is 9.78 Å². The first kappa shape index (κ1) is 21.1. The Morgan fingerprint density at radius 3 is 2.41 bits per heavy atom. The summed E-state index contributed by atoms with van der Waals surface area (Å²) in [6, 6.07) is 8.13. The van der Waals surface area contributed by atoms with Gasteiger partial charge in [0.2, 0.25) is 0 Å². The number of pyridine rings is 1. The van der Waals surface area contributed by atoms with E-state index in [1.807, 2.05) is 25.3 Å². The molecule has 2 aromatic rings. The molecule has 0 unspecified atom stereocenters. The van der Waals surface area contributed by atoms with E-state index in [2.05, 4.69) is 57.9 Å². The molecule has 6 nitrogen and oxygen atoms in total. The zero-order chi connectivity index (χ0) is 20.8. The highest BCUT2D eigenvalue weighted by Crippen LogP contribution is 2.24. The van der Waals surface area contributed by atoms with Crippen LogP contribution in [0.5, 0.6) is 0 Å². The third kappa shape index (κ3) is 5.07. The quantitative estimate of drug-likeness (QED) is 0.776. The summed E-state index contributed by atoms with van der Waals surface area (Å²) in [6.07, 6.45) is 3.49. The summed E-state index contributed by atoms with van der Waals surface area (Å²) < 4.78 is 0. The largest absolute Gasteiger partial charge is 0.372 e. The number of carbonyl (C=O) groups excluding carboxylic acids is 1. The lowest BCUT2D eigenvalue weighted by atomic mass is 10.1. The van der Waals surface area contributed by atoms with Crippen LogP contribution >= 0.6 is 0 Å². The van der Waals surface area contributed by atoms with E-state index in [1.54, 1.807) is 6.20 Å². The van der Waals surface area contributed by atoms with Gasteiger partial charge in [0.1, 0.15) is 0 Å². The third-order valence-corrected chi connectivity index (χ3v) is 5.76. The van der Waals surface area contributed by atoms with Gasteiger partial charge >= 0.3 is 0 Å². The van der Waals surface area contributed by atoms with Crippen molar-refractivity contribution in [2.75, 3.05) is 60.9 Å². The summed E-state index contributed by atoms with van der Waals surface area (Å²) in [4.78, 5) is 24.2. The second-order valence-electron chi connectivity index (χ2n) is 7.48. The Morgan fingerprint density at radius 1 is 1.07 bits per heavy atom. The predicted molar refractivity (Wildman–Crippen MR) is 121 cm³/mol. The van der Waals surface area contributed by atoms with E-state index in [1.165, 1.54) is 5.69 Å². The van der Waals surface area contributed by atoms with Crippen LogP contribution in [0.1, 0.15) is 36.7 Å². The number of carbonyl (C=O) groups is 1. The standard InChI is InChI=1S/C23H33N5O/c1-5-26-10-12-28(13-11-26)21-15-19(16-24-17-21)23(29)25-22-9-8-20(14-18(22)4)27(6-2)7-3/h8-9,14-17H,5-7,10-13H2,1-4H3,(H,25,29). The average molecular weight is 396 g/mol. The van der Waals surface area contributed by atoms with Crippen LogP contribution in [0.4, 0.5) is 17.1 Å². The fourth-order valence-corrected chi connectivity index (χ4v) is 3.82. The molecule has 1 N–H and O–H groups in total. The number of amides is 1. The maximum atomic E-state index is 12.8. The first-order chi connectivity index (χ1) is 14.0. The number of nitrogens with zero attached hydrogens (tertiary/aromatic N) is 4. The number of hydrogen-bond acceptors (Lipinski definition) is 5. The molecule has 0 aliphatic carbocycles. The molecular weight excluding hydrogens is 362 g/mol. The van der Waals surface area contributed by atoms with Crippen molar-refractivity contribution in [2.45, 2.75) is 27.7 Å². The molecule has 1 amide bonds. The zero-order valence-corrected chi connectivity index (χ0v) is 18.1. The van der Waals surface area contributed by atoms with Crippen molar-refractivity contribution < 1.29 is 4.79 Å². The second-order valence-corrected chi connectivity index (χ2v) is 7.48. The number of aromatic nitrogens is 1. The number of aryl methyl sites for hydroxylation is 1. The fraction of sp³-hybridized carbons (Fsp3) is 0.478. The SMILES string of the molecule is CCN1CCN(c2cncc(C(=O)Nc3ccc(N(CC)CC)cc3C)c2)CC1. The number of hydrogen-bond donors (Lipinski definition) is 1. The molecule has 156 valence electrons. The number of anilines is 3. The van der Waals surface area contributed by atoms with E-state index in [0.29, 0.717) is 5.56 Å². The smallest absolute Gasteiger partial charge is 0.257 e. The molecule has 1 aliphatic heterocycles. The van der Waals surface area contributed by atoms with Gasteiger partial charge in [0.25, 0.3) is 5.91 Å². The first-order valence-electron chi connectivity index (χ1n) is 10.6. The van der Waals surface area contributed by atoms with Crippen LogP contribution in [0.3, 0.4) is 0 Å². The highest BCUT2D eigenvalue weighted by molar-refractivity contribution is 6.05. The van der Waals surface area contributed by atoms with E-state index >= 15 is 0 Å². The molecule has 1 aromatic carbocycles. The van der Waals surface area contributed by atoms with Gasteiger partial charge in [0, 0.05) is 56.8 Å². The first-order valence-corrected chi connectivity index (χ1v) is 10.6. The molecule has 0 spiro atoms. The molecule has 1 aromatic heterocycles. The fourth-order valence-electron chi connectivity index (χ4n) is 3.82. The van der Waals surface area contributed by atoms with Gasteiger partial charge in [-0.05, 0) is 57.1 Å². The lowest BCUT2D eigenvalue weighted by Crippen LogP contribution is -2.46. The van der Waals surface area contributed by atoms with Gasteiger partial charge < -0.3 is 20.0 Å². The van der Waals surface area contributed by atoms with Gasteiger partial charge in [-0.2, -0.15) is 0 Å². The average Bonchev–Trinajstić information content (AvgIpc) is 2.76. The maximum absolute atomic E-state index is 12.8. The minimum absolute atomic E-state index is 0.120.